The average Bonchev–Trinajstić information content (AvgIpc) is 3.07. The predicted octanol–water partition coefficient (Wildman–Crippen LogP) is 3.71. The Balaban J connectivity index is 1.77. The van der Waals surface area contributed by atoms with E-state index in [1.807, 2.05) is 62.4 Å². The lowest BCUT2D eigenvalue weighted by Crippen LogP contribution is -2.28. The number of hydrogen-bond acceptors (Lipinski definition) is 4. The SMILES string of the molecule is CCC(=O)NC(C)c1nc2ccccc2n1CCOc1ccc(OC)cc1. The zero-order chi connectivity index (χ0) is 19.2. The first-order chi connectivity index (χ1) is 13.1. The Labute approximate surface area is 159 Å². The van der Waals surface area contributed by atoms with E-state index in [9.17, 15) is 4.79 Å². The zero-order valence-corrected chi connectivity index (χ0v) is 15.9. The van der Waals surface area contributed by atoms with Gasteiger partial charge in [0, 0.05) is 6.42 Å². The van der Waals surface area contributed by atoms with E-state index in [0.29, 0.717) is 19.6 Å². The highest BCUT2D eigenvalue weighted by Crippen LogP contribution is 2.22. The van der Waals surface area contributed by atoms with Crippen LogP contribution in [0, 0.1) is 0 Å². The molecule has 0 bridgehead atoms. The molecule has 0 spiro atoms. The number of ether oxygens (including phenoxy) is 2. The molecule has 142 valence electrons. The van der Waals surface area contributed by atoms with Crippen molar-refractivity contribution in [2.24, 2.45) is 0 Å². The number of nitrogens with zero attached hydrogens (tertiary/aromatic N) is 2. The van der Waals surface area contributed by atoms with Gasteiger partial charge in [0.15, 0.2) is 0 Å². The first-order valence-electron chi connectivity index (χ1n) is 9.13. The van der Waals surface area contributed by atoms with E-state index >= 15 is 0 Å². The highest BCUT2D eigenvalue weighted by molar-refractivity contribution is 5.77. The number of methoxy groups -OCH3 is 1. The Morgan fingerprint density at radius 2 is 1.85 bits per heavy atom. The number of amides is 1. The molecular formula is C21H25N3O3. The second kappa shape index (κ2) is 8.58. The van der Waals surface area contributed by atoms with Gasteiger partial charge in [-0.2, -0.15) is 0 Å². The molecule has 3 aromatic rings. The summed E-state index contributed by atoms with van der Waals surface area (Å²) in [5.41, 5.74) is 1.94. The minimum Gasteiger partial charge on any atom is -0.497 e. The lowest BCUT2D eigenvalue weighted by Gasteiger charge is -2.16. The lowest BCUT2D eigenvalue weighted by atomic mass is 10.3. The van der Waals surface area contributed by atoms with Crippen LogP contribution in [0.25, 0.3) is 11.0 Å². The van der Waals surface area contributed by atoms with E-state index in [0.717, 1.165) is 28.4 Å². The van der Waals surface area contributed by atoms with Crippen LogP contribution >= 0.6 is 0 Å². The van der Waals surface area contributed by atoms with E-state index in [4.69, 9.17) is 14.5 Å². The molecule has 1 aromatic heterocycles. The van der Waals surface area contributed by atoms with Crippen molar-refractivity contribution < 1.29 is 14.3 Å². The molecule has 0 radical (unpaired) electrons. The van der Waals surface area contributed by atoms with Crippen molar-refractivity contribution in [2.75, 3.05) is 13.7 Å². The number of rotatable bonds is 8. The highest BCUT2D eigenvalue weighted by atomic mass is 16.5. The molecule has 1 atom stereocenters. The fraction of sp³-hybridized carbons (Fsp3) is 0.333. The minimum absolute atomic E-state index is 0.00980. The highest BCUT2D eigenvalue weighted by Gasteiger charge is 2.17. The summed E-state index contributed by atoms with van der Waals surface area (Å²) >= 11 is 0. The van der Waals surface area contributed by atoms with E-state index in [1.165, 1.54) is 0 Å². The van der Waals surface area contributed by atoms with Crippen LogP contribution in [-0.2, 0) is 11.3 Å². The van der Waals surface area contributed by atoms with Crippen LogP contribution in [0.2, 0.25) is 0 Å². The Kier molecular flexibility index (Phi) is 5.96. The second-order valence-corrected chi connectivity index (χ2v) is 6.28. The molecule has 6 heteroatoms. The fourth-order valence-corrected chi connectivity index (χ4v) is 2.99. The molecule has 0 aliphatic carbocycles. The minimum atomic E-state index is -0.175. The molecule has 0 aliphatic heterocycles. The van der Waals surface area contributed by atoms with Gasteiger partial charge in [-0.3, -0.25) is 4.79 Å². The monoisotopic (exact) mass is 367 g/mol. The maximum Gasteiger partial charge on any atom is 0.220 e. The molecule has 6 nitrogen and oxygen atoms in total. The van der Waals surface area contributed by atoms with E-state index < -0.39 is 0 Å². The normalized spacial score (nSPS) is 12.0. The van der Waals surface area contributed by atoms with Crippen molar-refractivity contribution in [2.45, 2.75) is 32.9 Å². The molecule has 0 saturated carbocycles. The number of para-hydroxylation sites is 2. The molecule has 0 aliphatic rings. The van der Waals surface area contributed by atoms with Crippen LogP contribution in [0.1, 0.15) is 32.1 Å². The lowest BCUT2D eigenvalue weighted by molar-refractivity contribution is -0.121. The van der Waals surface area contributed by atoms with E-state index in [1.54, 1.807) is 7.11 Å². The van der Waals surface area contributed by atoms with Crippen molar-refractivity contribution in [1.82, 2.24) is 14.9 Å². The van der Waals surface area contributed by atoms with Gasteiger partial charge in [0.25, 0.3) is 0 Å². The van der Waals surface area contributed by atoms with Crippen LogP contribution in [0.4, 0.5) is 0 Å². The first kappa shape index (κ1) is 18.8. The standard InChI is InChI=1S/C21H25N3O3/c1-4-20(25)22-15(2)21-23-18-7-5-6-8-19(18)24(21)13-14-27-17-11-9-16(26-3)10-12-17/h5-12,15H,4,13-14H2,1-3H3,(H,22,25). The van der Waals surface area contributed by atoms with Gasteiger partial charge in [-0.25, -0.2) is 4.98 Å². The number of imidazole rings is 1. The summed E-state index contributed by atoms with van der Waals surface area (Å²) < 4.78 is 13.1. The molecular weight excluding hydrogens is 342 g/mol. The van der Waals surface area contributed by atoms with Crippen LogP contribution < -0.4 is 14.8 Å². The third kappa shape index (κ3) is 4.39. The number of aromatic nitrogens is 2. The Morgan fingerprint density at radius 1 is 1.15 bits per heavy atom. The molecule has 27 heavy (non-hydrogen) atoms. The van der Waals surface area contributed by atoms with Crippen LogP contribution in [0.5, 0.6) is 11.5 Å². The van der Waals surface area contributed by atoms with Gasteiger partial charge in [0.05, 0.1) is 30.7 Å². The number of hydrogen-bond donors (Lipinski definition) is 1. The van der Waals surface area contributed by atoms with E-state index in [2.05, 4.69) is 9.88 Å². The van der Waals surface area contributed by atoms with Crippen molar-refractivity contribution in [3.8, 4) is 11.5 Å². The Hall–Kier alpha value is -3.02. The molecule has 0 saturated heterocycles. The van der Waals surface area contributed by atoms with Crippen LogP contribution in [0.3, 0.4) is 0 Å². The Morgan fingerprint density at radius 3 is 2.56 bits per heavy atom. The molecule has 3 rings (SSSR count). The number of carbonyl (C=O) groups excluding carboxylic acids is 1. The summed E-state index contributed by atoms with van der Waals surface area (Å²) in [6, 6.07) is 15.3. The third-order valence-corrected chi connectivity index (χ3v) is 4.41. The van der Waals surface area contributed by atoms with Crippen molar-refractivity contribution in [3.63, 3.8) is 0 Å². The number of nitrogens with one attached hydrogen (secondary N) is 1. The third-order valence-electron chi connectivity index (χ3n) is 4.41. The summed E-state index contributed by atoms with van der Waals surface area (Å²) in [5.74, 6) is 2.42. The molecule has 1 unspecified atom stereocenters. The van der Waals surface area contributed by atoms with Gasteiger partial charge in [-0.05, 0) is 43.3 Å². The summed E-state index contributed by atoms with van der Waals surface area (Å²) in [6.45, 7) is 4.92. The summed E-state index contributed by atoms with van der Waals surface area (Å²) in [5, 5.41) is 2.99. The Bertz CT molecular complexity index is 903. The van der Waals surface area contributed by atoms with Gasteiger partial charge < -0.3 is 19.4 Å². The maximum atomic E-state index is 11.8. The van der Waals surface area contributed by atoms with Gasteiger partial charge >= 0.3 is 0 Å². The fourth-order valence-electron chi connectivity index (χ4n) is 2.99. The van der Waals surface area contributed by atoms with Gasteiger partial charge in [0.2, 0.25) is 5.91 Å². The number of carbonyl (C=O) groups is 1. The molecule has 2 aromatic carbocycles. The molecule has 0 fully saturated rings. The van der Waals surface area contributed by atoms with Crippen molar-refractivity contribution in [3.05, 3.63) is 54.4 Å². The van der Waals surface area contributed by atoms with Crippen molar-refractivity contribution in [1.29, 1.82) is 0 Å². The van der Waals surface area contributed by atoms with Crippen LogP contribution in [0.15, 0.2) is 48.5 Å². The zero-order valence-electron chi connectivity index (χ0n) is 15.9. The van der Waals surface area contributed by atoms with Gasteiger partial charge in [0.1, 0.15) is 23.9 Å². The van der Waals surface area contributed by atoms with Crippen LogP contribution in [-0.4, -0.2) is 29.2 Å². The largest absolute Gasteiger partial charge is 0.497 e. The van der Waals surface area contributed by atoms with Crippen molar-refractivity contribution >= 4 is 16.9 Å². The number of fused-ring (bicyclic) bond motifs is 1. The number of benzene rings is 2. The smallest absolute Gasteiger partial charge is 0.220 e. The first-order valence-corrected chi connectivity index (χ1v) is 9.13. The second-order valence-electron chi connectivity index (χ2n) is 6.28. The summed E-state index contributed by atoms with van der Waals surface area (Å²) in [4.78, 5) is 16.5. The quantitative estimate of drug-likeness (QED) is 0.659. The predicted molar refractivity (Wildman–Crippen MR) is 105 cm³/mol. The summed E-state index contributed by atoms with van der Waals surface area (Å²) in [7, 11) is 1.64. The van der Waals surface area contributed by atoms with Gasteiger partial charge in [-0.1, -0.05) is 19.1 Å². The molecule has 1 heterocycles. The average molecular weight is 367 g/mol. The summed E-state index contributed by atoms with van der Waals surface area (Å²) in [6.07, 6.45) is 0.450. The maximum absolute atomic E-state index is 11.8. The molecule has 1 amide bonds. The van der Waals surface area contributed by atoms with E-state index in [-0.39, 0.29) is 11.9 Å². The van der Waals surface area contributed by atoms with Gasteiger partial charge in [-0.15, -0.1) is 0 Å². The topological polar surface area (TPSA) is 65.4 Å². The molecule has 1 N–H and O–H groups in total.